The number of halogens is 3. The fraction of sp³-hybridized carbons (Fsp3) is 0.545. The average molecular weight is 439 g/mol. The van der Waals surface area contributed by atoms with Gasteiger partial charge in [0.1, 0.15) is 11.9 Å². The molecule has 1 saturated heterocycles. The van der Waals surface area contributed by atoms with Crippen molar-refractivity contribution in [3.8, 4) is 5.75 Å². The number of aromatic nitrogens is 2. The molecule has 1 aromatic heterocycles. The highest BCUT2D eigenvalue weighted by Gasteiger charge is 2.31. The number of hydrogen-bond acceptors (Lipinski definition) is 4. The third kappa shape index (κ3) is 6.22. The fourth-order valence-corrected chi connectivity index (χ4v) is 3.49. The molecular formula is C22H28F3N3O3. The van der Waals surface area contributed by atoms with E-state index < -0.39 is 11.7 Å². The molecule has 1 aliphatic rings. The van der Waals surface area contributed by atoms with Crippen LogP contribution in [-0.2, 0) is 29.2 Å². The molecule has 170 valence electrons. The number of carbonyl (C=O) groups excluding carboxylic acids is 1. The van der Waals surface area contributed by atoms with Crippen molar-refractivity contribution in [2.24, 2.45) is 13.0 Å². The monoisotopic (exact) mass is 439 g/mol. The Kier molecular flexibility index (Phi) is 7.25. The molecule has 1 aromatic carbocycles. The number of amides is 1. The Hall–Kier alpha value is -2.55. The first-order chi connectivity index (χ1) is 14.6. The van der Waals surface area contributed by atoms with Crippen molar-refractivity contribution >= 4 is 5.91 Å². The van der Waals surface area contributed by atoms with E-state index in [9.17, 15) is 18.0 Å². The predicted molar refractivity (Wildman–Crippen MR) is 109 cm³/mol. The van der Waals surface area contributed by atoms with Crippen LogP contribution in [0.1, 0.15) is 43.3 Å². The van der Waals surface area contributed by atoms with Gasteiger partial charge in [0.2, 0.25) is 5.91 Å². The summed E-state index contributed by atoms with van der Waals surface area (Å²) in [5.41, 5.74) is 0.869. The van der Waals surface area contributed by atoms with Crippen LogP contribution in [0, 0.1) is 5.92 Å². The summed E-state index contributed by atoms with van der Waals surface area (Å²) in [5.74, 6) is 0.591. The van der Waals surface area contributed by atoms with Gasteiger partial charge in [0.15, 0.2) is 0 Å². The lowest BCUT2D eigenvalue weighted by Crippen LogP contribution is -2.42. The fourth-order valence-electron chi connectivity index (χ4n) is 3.49. The van der Waals surface area contributed by atoms with Crippen LogP contribution in [0.5, 0.6) is 5.75 Å². The normalized spacial score (nSPS) is 17.3. The maximum atomic E-state index is 12.8. The molecule has 0 spiro atoms. The van der Waals surface area contributed by atoms with Gasteiger partial charge in [0.05, 0.1) is 31.0 Å². The molecule has 0 aliphatic carbocycles. The number of rotatable bonds is 7. The summed E-state index contributed by atoms with van der Waals surface area (Å²) in [4.78, 5) is 14.2. The predicted octanol–water partition coefficient (Wildman–Crippen LogP) is 4.01. The Labute approximate surface area is 179 Å². The van der Waals surface area contributed by atoms with Crippen LogP contribution in [0.15, 0.2) is 30.3 Å². The summed E-state index contributed by atoms with van der Waals surface area (Å²) in [7, 11) is 1.80. The number of alkyl halides is 3. The van der Waals surface area contributed by atoms with E-state index in [4.69, 9.17) is 9.47 Å². The van der Waals surface area contributed by atoms with Crippen molar-refractivity contribution in [2.45, 2.75) is 39.0 Å². The Bertz CT molecular complexity index is 896. The third-order valence-electron chi connectivity index (χ3n) is 5.12. The number of benzene rings is 1. The molecule has 0 bridgehead atoms. The van der Waals surface area contributed by atoms with E-state index in [-0.39, 0.29) is 24.4 Å². The molecule has 0 radical (unpaired) electrons. The molecule has 0 N–H and O–H groups in total. The molecule has 1 atom stereocenters. The standard InChI is InChI=1S/C22H28F3N3O3/c1-15(2)11-21(29)28-8-10-31-20(14-28)19-13-17(27(3)26-19)7-9-30-18-6-4-5-16(12-18)22(23,24)25/h4-6,12-13,15,20H,7-11,14H2,1-3H3/t20-/m1/s1. The Morgan fingerprint density at radius 2 is 2.10 bits per heavy atom. The zero-order valence-electron chi connectivity index (χ0n) is 18.0. The van der Waals surface area contributed by atoms with Gasteiger partial charge in [-0.05, 0) is 30.2 Å². The van der Waals surface area contributed by atoms with E-state index >= 15 is 0 Å². The smallest absolute Gasteiger partial charge is 0.416 e. The number of carbonyl (C=O) groups is 1. The van der Waals surface area contributed by atoms with E-state index in [1.165, 1.54) is 12.1 Å². The Morgan fingerprint density at radius 3 is 2.81 bits per heavy atom. The zero-order chi connectivity index (χ0) is 22.6. The van der Waals surface area contributed by atoms with Gasteiger partial charge in [-0.2, -0.15) is 18.3 Å². The van der Waals surface area contributed by atoms with Gasteiger partial charge >= 0.3 is 6.18 Å². The quantitative estimate of drug-likeness (QED) is 0.654. The SMILES string of the molecule is CC(C)CC(=O)N1CCO[C@@H](c2cc(CCOc3cccc(C(F)(F)F)c3)n(C)n2)C1. The second-order valence-corrected chi connectivity index (χ2v) is 8.11. The summed E-state index contributed by atoms with van der Waals surface area (Å²) in [6.45, 7) is 5.74. The minimum atomic E-state index is -4.40. The van der Waals surface area contributed by atoms with Crippen LogP contribution in [0.3, 0.4) is 0 Å². The highest BCUT2D eigenvalue weighted by Crippen LogP contribution is 2.31. The molecule has 3 rings (SSSR count). The second kappa shape index (κ2) is 9.72. The topological polar surface area (TPSA) is 56.6 Å². The first-order valence-electron chi connectivity index (χ1n) is 10.4. The minimum absolute atomic E-state index is 0.119. The van der Waals surface area contributed by atoms with Crippen LogP contribution in [-0.4, -0.2) is 46.9 Å². The summed E-state index contributed by atoms with van der Waals surface area (Å²) < 4.78 is 51.5. The molecular weight excluding hydrogens is 411 g/mol. The van der Waals surface area contributed by atoms with Crippen molar-refractivity contribution in [1.82, 2.24) is 14.7 Å². The first-order valence-corrected chi connectivity index (χ1v) is 10.4. The van der Waals surface area contributed by atoms with E-state index in [0.717, 1.165) is 23.5 Å². The third-order valence-corrected chi connectivity index (χ3v) is 5.12. The van der Waals surface area contributed by atoms with Gasteiger partial charge in [-0.3, -0.25) is 9.48 Å². The molecule has 6 nitrogen and oxygen atoms in total. The molecule has 2 aromatic rings. The number of ether oxygens (including phenoxy) is 2. The summed E-state index contributed by atoms with van der Waals surface area (Å²) in [5, 5.41) is 4.51. The van der Waals surface area contributed by atoms with Crippen LogP contribution >= 0.6 is 0 Å². The highest BCUT2D eigenvalue weighted by atomic mass is 19.4. The molecule has 2 heterocycles. The lowest BCUT2D eigenvalue weighted by atomic mass is 10.1. The molecule has 0 unspecified atom stereocenters. The van der Waals surface area contributed by atoms with Crippen molar-refractivity contribution < 1.29 is 27.4 Å². The number of nitrogens with zero attached hydrogens (tertiary/aromatic N) is 3. The summed E-state index contributed by atoms with van der Waals surface area (Å²) in [6.07, 6.45) is -3.72. The number of morpholine rings is 1. The Balaban J connectivity index is 1.58. The second-order valence-electron chi connectivity index (χ2n) is 8.11. The van der Waals surface area contributed by atoms with Crippen LogP contribution in [0.4, 0.5) is 13.2 Å². The maximum absolute atomic E-state index is 12.8. The number of aryl methyl sites for hydroxylation is 1. The average Bonchev–Trinajstić information content (AvgIpc) is 3.08. The summed E-state index contributed by atoms with van der Waals surface area (Å²) in [6, 6.07) is 6.74. The molecule has 31 heavy (non-hydrogen) atoms. The zero-order valence-corrected chi connectivity index (χ0v) is 18.0. The van der Waals surface area contributed by atoms with Crippen LogP contribution < -0.4 is 4.74 Å². The van der Waals surface area contributed by atoms with E-state index in [1.807, 2.05) is 24.8 Å². The highest BCUT2D eigenvalue weighted by molar-refractivity contribution is 5.76. The van der Waals surface area contributed by atoms with Gasteiger partial charge in [-0.1, -0.05) is 19.9 Å². The van der Waals surface area contributed by atoms with Gasteiger partial charge in [-0.25, -0.2) is 0 Å². The first kappa shape index (κ1) is 23.1. The Morgan fingerprint density at radius 1 is 1.32 bits per heavy atom. The van der Waals surface area contributed by atoms with Crippen molar-refractivity contribution in [2.75, 3.05) is 26.3 Å². The van der Waals surface area contributed by atoms with Crippen molar-refractivity contribution in [1.29, 1.82) is 0 Å². The number of hydrogen-bond donors (Lipinski definition) is 0. The maximum Gasteiger partial charge on any atom is 0.416 e. The van der Waals surface area contributed by atoms with E-state index in [0.29, 0.717) is 38.5 Å². The minimum Gasteiger partial charge on any atom is -0.493 e. The van der Waals surface area contributed by atoms with Crippen molar-refractivity contribution in [3.05, 3.63) is 47.3 Å². The molecule has 0 saturated carbocycles. The molecule has 1 fully saturated rings. The lowest BCUT2D eigenvalue weighted by Gasteiger charge is -2.32. The van der Waals surface area contributed by atoms with Gasteiger partial charge in [0.25, 0.3) is 0 Å². The molecule has 9 heteroatoms. The largest absolute Gasteiger partial charge is 0.493 e. The van der Waals surface area contributed by atoms with Crippen molar-refractivity contribution in [3.63, 3.8) is 0 Å². The van der Waals surface area contributed by atoms with E-state index in [1.54, 1.807) is 11.7 Å². The van der Waals surface area contributed by atoms with Gasteiger partial charge in [-0.15, -0.1) is 0 Å². The van der Waals surface area contributed by atoms with Crippen LogP contribution in [0.2, 0.25) is 0 Å². The van der Waals surface area contributed by atoms with Gasteiger partial charge < -0.3 is 14.4 Å². The summed E-state index contributed by atoms with van der Waals surface area (Å²) >= 11 is 0. The van der Waals surface area contributed by atoms with Gasteiger partial charge in [0, 0.05) is 32.1 Å². The molecule has 1 aliphatic heterocycles. The molecule has 1 amide bonds. The van der Waals surface area contributed by atoms with E-state index in [2.05, 4.69) is 5.10 Å². The lowest BCUT2D eigenvalue weighted by molar-refractivity contribution is -0.140. The van der Waals surface area contributed by atoms with Crippen LogP contribution in [0.25, 0.3) is 0 Å².